The molecule has 0 spiro atoms. The van der Waals surface area contributed by atoms with Gasteiger partial charge in [-0.2, -0.15) is 0 Å². The minimum Gasteiger partial charge on any atom is -0.478 e. The second-order valence-electron chi connectivity index (χ2n) is 6.30. The third-order valence-corrected chi connectivity index (χ3v) is 5.54. The maximum atomic E-state index is 13.6. The Morgan fingerprint density at radius 1 is 1.18 bits per heavy atom. The van der Waals surface area contributed by atoms with Crippen LogP contribution >= 0.6 is 22.9 Å². The number of hydrogen-bond donors (Lipinski definition) is 2. The van der Waals surface area contributed by atoms with Crippen LogP contribution in [0.2, 0.25) is 5.02 Å². The van der Waals surface area contributed by atoms with Gasteiger partial charge in [-0.05, 0) is 48.2 Å². The second-order valence-corrected chi connectivity index (χ2v) is 7.61. The molecule has 3 rings (SSSR count). The fourth-order valence-corrected chi connectivity index (χ4v) is 3.86. The van der Waals surface area contributed by atoms with E-state index >= 15 is 0 Å². The van der Waals surface area contributed by atoms with Crippen molar-refractivity contribution in [3.05, 3.63) is 75.4 Å². The van der Waals surface area contributed by atoms with E-state index in [-0.39, 0.29) is 29.4 Å². The zero-order valence-electron chi connectivity index (χ0n) is 15.0. The number of thiophene rings is 1. The van der Waals surface area contributed by atoms with Crippen LogP contribution in [0.25, 0.3) is 10.4 Å². The predicted molar refractivity (Wildman–Crippen MR) is 110 cm³/mol. The summed E-state index contributed by atoms with van der Waals surface area (Å²) in [4.78, 5) is 24.6. The van der Waals surface area contributed by atoms with Crippen molar-refractivity contribution in [1.29, 1.82) is 0 Å². The molecule has 28 heavy (non-hydrogen) atoms. The standard InChI is InChI=1S/C21H17ClFNO3S/c1-12-2-3-13(10-16(12)23)4-9-18(25)24-17-11-28-20(19(17)21(26)27)14-5-7-15(22)8-6-14/h2-3,5-8,10-11H,4,9H2,1H3,(H,24,25)(H,26,27). The van der Waals surface area contributed by atoms with Crippen LogP contribution in [0, 0.1) is 12.7 Å². The van der Waals surface area contributed by atoms with E-state index in [2.05, 4.69) is 5.32 Å². The Morgan fingerprint density at radius 2 is 1.89 bits per heavy atom. The van der Waals surface area contributed by atoms with Crippen molar-refractivity contribution in [1.82, 2.24) is 0 Å². The van der Waals surface area contributed by atoms with Crippen LogP contribution in [-0.2, 0) is 11.2 Å². The van der Waals surface area contributed by atoms with E-state index in [0.717, 1.165) is 0 Å². The summed E-state index contributed by atoms with van der Waals surface area (Å²) in [7, 11) is 0. The lowest BCUT2D eigenvalue weighted by atomic mass is 10.1. The zero-order valence-corrected chi connectivity index (χ0v) is 16.5. The van der Waals surface area contributed by atoms with Crippen molar-refractivity contribution in [2.24, 2.45) is 0 Å². The van der Waals surface area contributed by atoms with Gasteiger partial charge < -0.3 is 10.4 Å². The highest BCUT2D eigenvalue weighted by Gasteiger charge is 2.21. The summed E-state index contributed by atoms with van der Waals surface area (Å²) in [5, 5.41) is 14.4. The third-order valence-electron chi connectivity index (χ3n) is 4.26. The average molecular weight is 418 g/mol. The number of carboxylic acid groups (broad SMARTS) is 1. The fourth-order valence-electron chi connectivity index (χ4n) is 2.74. The van der Waals surface area contributed by atoms with Crippen molar-refractivity contribution < 1.29 is 19.1 Å². The number of carbonyl (C=O) groups excluding carboxylic acids is 1. The minimum absolute atomic E-state index is 0.0436. The predicted octanol–water partition coefficient (Wildman–Crippen LogP) is 5.79. The van der Waals surface area contributed by atoms with Crippen LogP contribution in [0.15, 0.2) is 47.8 Å². The Labute approximate surface area is 170 Å². The van der Waals surface area contributed by atoms with Crippen molar-refractivity contribution in [2.45, 2.75) is 19.8 Å². The number of benzene rings is 2. The Morgan fingerprint density at radius 3 is 2.54 bits per heavy atom. The maximum absolute atomic E-state index is 13.6. The molecule has 1 amide bonds. The summed E-state index contributed by atoms with van der Waals surface area (Å²) in [6.07, 6.45) is 0.479. The van der Waals surface area contributed by atoms with E-state index in [0.29, 0.717) is 33.0 Å². The second kappa shape index (κ2) is 8.54. The SMILES string of the molecule is Cc1ccc(CCC(=O)Nc2csc(-c3ccc(Cl)cc3)c2C(=O)O)cc1F. The van der Waals surface area contributed by atoms with E-state index in [9.17, 15) is 19.1 Å². The molecule has 0 aliphatic heterocycles. The van der Waals surface area contributed by atoms with Gasteiger partial charge in [0.05, 0.1) is 10.6 Å². The number of hydrogen-bond acceptors (Lipinski definition) is 3. The fraction of sp³-hybridized carbons (Fsp3) is 0.143. The van der Waals surface area contributed by atoms with Gasteiger partial charge in [-0.1, -0.05) is 35.9 Å². The number of aryl methyl sites for hydroxylation is 2. The number of halogens is 2. The van der Waals surface area contributed by atoms with Gasteiger partial charge in [0.15, 0.2) is 0 Å². The molecule has 144 valence electrons. The molecular formula is C21H17ClFNO3S. The number of rotatable bonds is 6. The number of nitrogens with one attached hydrogen (secondary N) is 1. The molecule has 7 heteroatoms. The van der Waals surface area contributed by atoms with Gasteiger partial charge in [0.25, 0.3) is 0 Å². The van der Waals surface area contributed by atoms with Gasteiger partial charge in [-0.15, -0.1) is 11.3 Å². The molecule has 0 aliphatic carbocycles. The Bertz CT molecular complexity index is 1030. The van der Waals surface area contributed by atoms with Crippen LogP contribution in [0.4, 0.5) is 10.1 Å². The summed E-state index contributed by atoms with van der Waals surface area (Å²) in [5.41, 5.74) is 2.27. The summed E-state index contributed by atoms with van der Waals surface area (Å²) in [6, 6.07) is 11.7. The average Bonchev–Trinajstić information content (AvgIpc) is 3.07. The summed E-state index contributed by atoms with van der Waals surface area (Å²) in [5.74, 6) is -1.76. The molecule has 0 unspecified atom stereocenters. The van der Waals surface area contributed by atoms with Gasteiger partial charge >= 0.3 is 5.97 Å². The highest BCUT2D eigenvalue weighted by molar-refractivity contribution is 7.14. The van der Waals surface area contributed by atoms with Gasteiger partial charge in [-0.25, -0.2) is 9.18 Å². The van der Waals surface area contributed by atoms with Crippen LogP contribution < -0.4 is 5.32 Å². The van der Waals surface area contributed by atoms with E-state index in [1.807, 2.05) is 0 Å². The monoisotopic (exact) mass is 417 g/mol. The van der Waals surface area contributed by atoms with Crippen molar-refractivity contribution >= 4 is 40.5 Å². The van der Waals surface area contributed by atoms with E-state index in [1.54, 1.807) is 48.7 Å². The van der Waals surface area contributed by atoms with Crippen LogP contribution in [-0.4, -0.2) is 17.0 Å². The lowest BCUT2D eigenvalue weighted by Gasteiger charge is -2.07. The van der Waals surface area contributed by atoms with E-state index in [1.165, 1.54) is 17.4 Å². The van der Waals surface area contributed by atoms with Crippen LogP contribution in [0.1, 0.15) is 27.9 Å². The first-order valence-electron chi connectivity index (χ1n) is 8.50. The molecule has 4 nitrogen and oxygen atoms in total. The van der Waals surface area contributed by atoms with Crippen LogP contribution in [0.5, 0.6) is 0 Å². The molecule has 0 radical (unpaired) electrons. The number of aromatic carboxylic acids is 1. The molecule has 0 saturated carbocycles. The normalized spacial score (nSPS) is 10.7. The Kier molecular flexibility index (Phi) is 6.11. The first-order valence-corrected chi connectivity index (χ1v) is 9.76. The van der Waals surface area contributed by atoms with E-state index in [4.69, 9.17) is 11.6 Å². The first kappa shape index (κ1) is 20.0. The zero-order chi connectivity index (χ0) is 20.3. The largest absolute Gasteiger partial charge is 0.478 e. The summed E-state index contributed by atoms with van der Waals surface area (Å²) in [6.45, 7) is 1.67. The quantitative estimate of drug-likeness (QED) is 0.533. The summed E-state index contributed by atoms with van der Waals surface area (Å²) >= 11 is 7.12. The molecule has 2 N–H and O–H groups in total. The molecule has 0 aliphatic rings. The lowest BCUT2D eigenvalue weighted by Crippen LogP contribution is -2.14. The smallest absolute Gasteiger partial charge is 0.339 e. The molecule has 0 fully saturated rings. The number of amides is 1. The molecule has 1 heterocycles. The van der Waals surface area contributed by atoms with E-state index < -0.39 is 5.97 Å². The first-order chi connectivity index (χ1) is 13.3. The van der Waals surface area contributed by atoms with Gasteiger partial charge in [0, 0.05) is 16.8 Å². The van der Waals surface area contributed by atoms with Crippen molar-refractivity contribution in [3.8, 4) is 10.4 Å². The topological polar surface area (TPSA) is 66.4 Å². The minimum atomic E-state index is -1.12. The van der Waals surface area contributed by atoms with Crippen molar-refractivity contribution in [3.63, 3.8) is 0 Å². The number of anilines is 1. The number of carbonyl (C=O) groups is 2. The Hall–Kier alpha value is -2.70. The molecule has 2 aromatic carbocycles. The lowest BCUT2D eigenvalue weighted by molar-refractivity contribution is -0.116. The number of carboxylic acids is 1. The van der Waals surface area contributed by atoms with Crippen molar-refractivity contribution in [2.75, 3.05) is 5.32 Å². The molecule has 0 saturated heterocycles. The molecule has 1 aromatic heterocycles. The van der Waals surface area contributed by atoms with Gasteiger partial charge in [0.1, 0.15) is 11.4 Å². The highest BCUT2D eigenvalue weighted by atomic mass is 35.5. The molecule has 3 aromatic rings. The summed E-state index contributed by atoms with van der Waals surface area (Å²) < 4.78 is 13.6. The van der Waals surface area contributed by atoms with Gasteiger partial charge in [0.2, 0.25) is 5.91 Å². The van der Waals surface area contributed by atoms with Crippen LogP contribution in [0.3, 0.4) is 0 Å². The molecule has 0 atom stereocenters. The molecular weight excluding hydrogens is 401 g/mol. The van der Waals surface area contributed by atoms with Gasteiger partial charge in [-0.3, -0.25) is 4.79 Å². The maximum Gasteiger partial charge on any atom is 0.339 e. The molecule has 0 bridgehead atoms. The third kappa shape index (κ3) is 4.58. The Balaban J connectivity index is 1.74. The highest BCUT2D eigenvalue weighted by Crippen LogP contribution is 2.36.